The lowest BCUT2D eigenvalue weighted by Crippen LogP contribution is -2.12. The van der Waals surface area contributed by atoms with Gasteiger partial charge in [-0.25, -0.2) is 0 Å². The van der Waals surface area contributed by atoms with Crippen LogP contribution in [0.5, 0.6) is 0 Å². The molecule has 2 aromatic carbocycles. The summed E-state index contributed by atoms with van der Waals surface area (Å²) in [5.41, 5.74) is 5.32. The third-order valence-electron chi connectivity index (χ3n) is 5.53. The van der Waals surface area contributed by atoms with E-state index < -0.39 is 0 Å². The SMILES string of the molecule is C/C=C/CC1CCC(c2ccc(-c3ccc(COC)cc3)cc2)CC1. The Balaban J connectivity index is 1.61. The maximum absolute atomic E-state index is 5.18. The zero-order valence-electron chi connectivity index (χ0n) is 15.6. The molecule has 2 aromatic rings. The quantitative estimate of drug-likeness (QED) is 0.531. The van der Waals surface area contributed by atoms with Crippen molar-refractivity contribution in [2.45, 2.75) is 51.6 Å². The molecule has 0 amide bonds. The Labute approximate surface area is 152 Å². The highest BCUT2D eigenvalue weighted by Gasteiger charge is 2.21. The summed E-state index contributed by atoms with van der Waals surface area (Å²) >= 11 is 0. The van der Waals surface area contributed by atoms with E-state index in [1.807, 2.05) is 0 Å². The molecule has 0 heterocycles. The topological polar surface area (TPSA) is 9.23 Å². The van der Waals surface area contributed by atoms with E-state index in [1.54, 1.807) is 7.11 Å². The van der Waals surface area contributed by atoms with Crippen LogP contribution in [0.25, 0.3) is 11.1 Å². The predicted molar refractivity (Wildman–Crippen MR) is 107 cm³/mol. The third kappa shape index (κ3) is 4.83. The van der Waals surface area contributed by atoms with Gasteiger partial charge in [0, 0.05) is 7.11 Å². The zero-order chi connectivity index (χ0) is 17.5. The third-order valence-corrected chi connectivity index (χ3v) is 5.53. The number of methoxy groups -OCH3 is 1. The van der Waals surface area contributed by atoms with Crippen molar-refractivity contribution < 1.29 is 4.74 Å². The Hall–Kier alpha value is -1.86. The Morgan fingerprint density at radius 1 is 0.880 bits per heavy atom. The summed E-state index contributed by atoms with van der Waals surface area (Å²) in [5.74, 6) is 1.65. The Bertz CT molecular complexity index is 658. The fraction of sp³-hybridized carbons (Fsp3) is 0.417. The minimum absolute atomic E-state index is 0.677. The summed E-state index contributed by atoms with van der Waals surface area (Å²) in [6.07, 6.45) is 11.2. The van der Waals surface area contributed by atoms with Gasteiger partial charge in [-0.2, -0.15) is 0 Å². The first-order valence-corrected chi connectivity index (χ1v) is 9.59. The van der Waals surface area contributed by atoms with Crippen molar-refractivity contribution in [3.8, 4) is 11.1 Å². The van der Waals surface area contributed by atoms with Crippen molar-refractivity contribution in [3.05, 3.63) is 71.8 Å². The van der Waals surface area contributed by atoms with Crippen LogP contribution in [0, 0.1) is 5.92 Å². The predicted octanol–water partition coefficient (Wildman–Crippen LogP) is 6.74. The summed E-state index contributed by atoms with van der Waals surface area (Å²) < 4.78 is 5.18. The van der Waals surface area contributed by atoms with E-state index in [2.05, 4.69) is 67.6 Å². The van der Waals surface area contributed by atoms with Crippen LogP contribution in [0.15, 0.2) is 60.7 Å². The average molecular weight is 335 g/mol. The molecule has 1 aliphatic rings. The molecular formula is C24H30O. The molecule has 1 heteroatoms. The standard InChI is InChI=1S/C24H30O/c1-3-4-5-19-6-10-21(11-7-19)23-14-16-24(17-15-23)22-12-8-20(9-13-22)18-25-2/h3-4,8-9,12-17,19,21H,5-7,10-11,18H2,1-2H3/b4-3+. The van der Waals surface area contributed by atoms with Crippen molar-refractivity contribution in [2.75, 3.05) is 7.11 Å². The normalized spacial score (nSPS) is 20.9. The lowest BCUT2D eigenvalue weighted by atomic mass is 9.77. The van der Waals surface area contributed by atoms with E-state index in [9.17, 15) is 0 Å². The van der Waals surface area contributed by atoms with Gasteiger partial charge >= 0.3 is 0 Å². The van der Waals surface area contributed by atoms with Crippen molar-refractivity contribution >= 4 is 0 Å². The van der Waals surface area contributed by atoms with Gasteiger partial charge in [0.1, 0.15) is 0 Å². The second-order valence-corrected chi connectivity index (χ2v) is 7.27. The molecule has 132 valence electrons. The molecule has 3 rings (SSSR count). The van der Waals surface area contributed by atoms with Gasteiger partial charge in [-0.05, 0) is 73.1 Å². The van der Waals surface area contributed by atoms with Gasteiger partial charge in [0.15, 0.2) is 0 Å². The van der Waals surface area contributed by atoms with Crippen molar-refractivity contribution in [1.29, 1.82) is 0 Å². The van der Waals surface area contributed by atoms with Crippen LogP contribution in [0.3, 0.4) is 0 Å². The number of allylic oxidation sites excluding steroid dienone is 2. The van der Waals surface area contributed by atoms with Crippen LogP contribution >= 0.6 is 0 Å². The minimum atomic E-state index is 0.677. The molecule has 1 fully saturated rings. The molecule has 1 saturated carbocycles. The first-order chi connectivity index (χ1) is 12.3. The molecule has 0 spiro atoms. The monoisotopic (exact) mass is 334 g/mol. The molecule has 0 radical (unpaired) electrons. The van der Waals surface area contributed by atoms with Crippen molar-refractivity contribution in [1.82, 2.24) is 0 Å². The van der Waals surface area contributed by atoms with Gasteiger partial charge in [0.05, 0.1) is 6.61 Å². The molecule has 0 unspecified atom stereocenters. The van der Waals surface area contributed by atoms with E-state index in [0.29, 0.717) is 6.61 Å². The minimum Gasteiger partial charge on any atom is -0.380 e. The number of ether oxygens (including phenoxy) is 1. The van der Waals surface area contributed by atoms with Gasteiger partial charge in [0.25, 0.3) is 0 Å². The zero-order valence-corrected chi connectivity index (χ0v) is 15.6. The molecule has 1 aliphatic carbocycles. The van der Waals surface area contributed by atoms with E-state index in [-0.39, 0.29) is 0 Å². The summed E-state index contributed by atoms with van der Waals surface area (Å²) in [4.78, 5) is 0. The molecule has 0 atom stereocenters. The molecular weight excluding hydrogens is 304 g/mol. The number of hydrogen-bond acceptors (Lipinski definition) is 1. The smallest absolute Gasteiger partial charge is 0.0713 e. The average Bonchev–Trinajstić information content (AvgIpc) is 2.68. The highest BCUT2D eigenvalue weighted by Crippen LogP contribution is 2.37. The molecule has 0 bridgehead atoms. The van der Waals surface area contributed by atoms with E-state index in [4.69, 9.17) is 4.74 Å². The van der Waals surface area contributed by atoms with Gasteiger partial charge in [-0.15, -0.1) is 0 Å². The maximum atomic E-state index is 5.18. The molecule has 0 N–H and O–H groups in total. The second-order valence-electron chi connectivity index (χ2n) is 7.27. The van der Waals surface area contributed by atoms with E-state index in [1.165, 1.54) is 54.4 Å². The summed E-state index contributed by atoms with van der Waals surface area (Å²) in [7, 11) is 1.74. The summed E-state index contributed by atoms with van der Waals surface area (Å²) in [6.45, 7) is 2.80. The van der Waals surface area contributed by atoms with Gasteiger partial charge in [-0.1, -0.05) is 60.7 Å². The molecule has 0 aromatic heterocycles. The van der Waals surface area contributed by atoms with E-state index in [0.717, 1.165) is 11.8 Å². The van der Waals surface area contributed by atoms with Crippen LogP contribution in [-0.4, -0.2) is 7.11 Å². The molecule has 25 heavy (non-hydrogen) atoms. The molecule has 0 saturated heterocycles. The molecule has 0 aliphatic heterocycles. The lowest BCUT2D eigenvalue weighted by molar-refractivity contribution is 0.185. The van der Waals surface area contributed by atoms with Gasteiger partial charge in [-0.3, -0.25) is 0 Å². The first-order valence-electron chi connectivity index (χ1n) is 9.59. The largest absolute Gasteiger partial charge is 0.380 e. The number of benzene rings is 2. The fourth-order valence-electron chi connectivity index (χ4n) is 3.97. The summed E-state index contributed by atoms with van der Waals surface area (Å²) in [6, 6.07) is 17.9. The Kier molecular flexibility index (Phi) is 6.47. The number of rotatable bonds is 6. The lowest BCUT2D eigenvalue weighted by Gasteiger charge is -2.28. The van der Waals surface area contributed by atoms with Gasteiger partial charge in [0.2, 0.25) is 0 Å². The first kappa shape index (κ1) is 17.9. The highest BCUT2D eigenvalue weighted by atomic mass is 16.5. The van der Waals surface area contributed by atoms with Crippen molar-refractivity contribution in [3.63, 3.8) is 0 Å². The van der Waals surface area contributed by atoms with Crippen molar-refractivity contribution in [2.24, 2.45) is 5.92 Å². The Morgan fingerprint density at radius 3 is 2.04 bits per heavy atom. The van der Waals surface area contributed by atoms with Crippen LogP contribution in [0.2, 0.25) is 0 Å². The number of hydrogen-bond donors (Lipinski definition) is 0. The maximum Gasteiger partial charge on any atom is 0.0713 e. The fourth-order valence-corrected chi connectivity index (χ4v) is 3.97. The highest BCUT2D eigenvalue weighted by molar-refractivity contribution is 5.64. The van der Waals surface area contributed by atoms with Crippen LogP contribution in [0.1, 0.15) is 56.1 Å². The van der Waals surface area contributed by atoms with Crippen LogP contribution < -0.4 is 0 Å². The van der Waals surface area contributed by atoms with Gasteiger partial charge < -0.3 is 4.74 Å². The van der Waals surface area contributed by atoms with Crippen LogP contribution in [0.4, 0.5) is 0 Å². The van der Waals surface area contributed by atoms with E-state index >= 15 is 0 Å². The molecule has 1 nitrogen and oxygen atoms in total. The Morgan fingerprint density at radius 2 is 1.48 bits per heavy atom. The second kappa shape index (κ2) is 9.01. The van der Waals surface area contributed by atoms with Crippen LogP contribution in [-0.2, 0) is 11.3 Å². The summed E-state index contributed by atoms with van der Waals surface area (Å²) in [5, 5.41) is 0.